The number of nitrogens with zero attached hydrogens (tertiary/aromatic N) is 5. The van der Waals surface area contributed by atoms with Gasteiger partial charge < -0.3 is 24.2 Å². The summed E-state index contributed by atoms with van der Waals surface area (Å²) in [4.78, 5) is 10.1. The first-order valence-corrected chi connectivity index (χ1v) is 33.0. The average Bonchev–Trinajstić information content (AvgIpc) is 1.14. The maximum atomic E-state index is 2.64. The molecule has 0 atom stereocenters. The van der Waals surface area contributed by atoms with E-state index in [-0.39, 0.29) is 6.71 Å². The third-order valence-electron chi connectivity index (χ3n) is 19.3. The number of fused-ring (bicyclic) bond motifs is 8. The summed E-state index contributed by atoms with van der Waals surface area (Å²) in [5.41, 5.74) is 29.0. The van der Waals surface area contributed by atoms with Crippen molar-refractivity contribution in [2.45, 2.75) is 0 Å². The summed E-state index contributed by atoms with van der Waals surface area (Å²) >= 11 is 0. The topological polar surface area (TPSA) is 17.9 Å². The number of para-hydroxylation sites is 6. The zero-order valence-corrected chi connectivity index (χ0v) is 52.6. The Morgan fingerprint density at radius 2 is 0.635 bits per heavy atom. The largest absolute Gasteiger partial charge is 0.311 e. The molecule has 5 nitrogen and oxygen atoms in total. The molecule has 0 bridgehead atoms. The molecule has 0 spiro atoms. The molecule has 6 heteroatoms. The highest BCUT2D eigenvalue weighted by Gasteiger charge is 2.46. The van der Waals surface area contributed by atoms with Crippen molar-refractivity contribution in [3.8, 4) is 50.2 Å². The molecule has 0 fully saturated rings. The molecule has 2 aliphatic rings. The normalized spacial score (nSPS) is 12.1. The van der Waals surface area contributed by atoms with Crippen molar-refractivity contribution < 1.29 is 0 Å². The van der Waals surface area contributed by atoms with Crippen LogP contribution >= 0.6 is 0 Å². The number of hydrogen-bond donors (Lipinski definition) is 0. The van der Waals surface area contributed by atoms with Crippen LogP contribution < -0.4 is 36.0 Å². The van der Waals surface area contributed by atoms with Crippen LogP contribution in [0.2, 0.25) is 0 Å². The molecule has 2 aliphatic heterocycles. The van der Waals surface area contributed by atoms with E-state index in [1.54, 1.807) is 0 Å². The highest BCUT2D eigenvalue weighted by molar-refractivity contribution is 7.00. The summed E-state index contributed by atoms with van der Waals surface area (Å²) in [5.74, 6) is 0. The lowest BCUT2D eigenvalue weighted by molar-refractivity contribution is 1.18. The Morgan fingerprint density at radius 3 is 1.15 bits per heavy atom. The van der Waals surface area contributed by atoms with E-state index >= 15 is 0 Å². The van der Waals surface area contributed by atoms with Crippen molar-refractivity contribution in [3.63, 3.8) is 0 Å². The fourth-order valence-corrected chi connectivity index (χ4v) is 15.2. The Bertz CT molecular complexity index is 5400. The quantitative estimate of drug-likeness (QED) is 0.107. The maximum absolute atomic E-state index is 2.64. The van der Waals surface area contributed by atoms with Gasteiger partial charge in [0, 0.05) is 78.8 Å². The van der Waals surface area contributed by atoms with E-state index in [4.69, 9.17) is 0 Å². The molecule has 0 radical (unpaired) electrons. The first kappa shape index (κ1) is 56.1. The van der Waals surface area contributed by atoms with E-state index in [0.717, 1.165) is 135 Å². The van der Waals surface area contributed by atoms with E-state index in [2.05, 4.69) is 400 Å². The average molecular weight is 1220 g/mol. The van der Waals surface area contributed by atoms with Crippen LogP contribution in [-0.2, 0) is 0 Å². The second-order valence-electron chi connectivity index (χ2n) is 24.8. The van der Waals surface area contributed by atoms with E-state index < -0.39 is 0 Å². The minimum absolute atomic E-state index is 0.253. The second-order valence-corrected chi connectivity index (χ2v) is 24.8. The lowest BCUT2D eigenvalue weighted by Gasteiger charge is -2.45. The molecule has 96 heavy (non-hydrogen) atoms. The molecule has 3 heterocycles. The van der Waals surface area contributed by atoms with Gasteiger partial charge >= 0.3 is 0 Å². The molecule has 18 rings (SSSR count). The van der Waals surface area contributed by atoms with Gasteiger partial charge in [-0.3, -0.25) is 0 Å². The molecular formula is C90H62BN5. The monoisotopic (exact) mass is 1220 g/mol. The van der Waals surface area contributed by atoms with Crippen LogP contribution in [0.5, 0.6) is 0 Å². The third-order valence-corrected chi connectivity index (χ3v) is 19.3. The minimum Gasteiger partial charge on any atom is -0.311 e. The van der Waals surface area contributed by atoms with Crippen LogP contribution in [0, 0.1) is 0 Å². The van der Waals surface area contributed by atoms with Crippen LogP contribution in [0.1, 0.15) is 0 Å². The van der Waals surface area contributed by atoms with Crippen LogP contribution in [0.25, 0.3) is 72.0 Å². The zero-order chi connectivity index (χ0) is 63.5. The molecule has 1 aromatic heterocycles. The fraction of sp³-hybridized carbons (Fsp3) is 0. The SMILES string of the molecule is c1ccc(-c2cccc(N3c4cc(N(c5ccccc5)c5ccccc5)ccc4B4c5ccc6c(c5N(c5cccc(-c7ccccc7)c5)c5cc(N(c7ccccc7)c7ccccc7)cc3c54)c3ccccc3n6-c3c(-c4ccccc4)cccc3-c3ccccc3)c2)cc1. The Hall–Kier alpha value is -12.6. The summed E-state index contributed by atoms with van der Waals surface area (Å²) < 4.78 is 2.57. The summed E-state index contributed by atoms with van der Waals surface area (Å²) in [6.45, 7) is -0.253. The molecule has 0 saturated heterocycles. The van der Waals surface area contributed by atoms with Gasteiger partial charge in [0.25, 0.3) is 6.71 Å². The molecule has 0 saturated carbocycles. The third kappa shape index (κ3) is 9.57. The van der Waals surface area contributed by atoms with Crippen LogP contribution in [-0.4, -0.2) is 11.3 Å². The molecule has 15 aromatic carbocycles. The predicted molar refractivity (Wildman–Crippen MR) is 406 cm³/mol. The van der Waals surface area contributed by atoms with Gasteiger partial charge in [-0.15, -0.1) is 0 Å². The summed E-state index contributed by atoms with van der Waals surface area (Å²) in [5, 5.41) is 2.34. The van der Waals surface area contributed by atoms with Gasteiger partial charge in [0.15, 0.2) is 0 Å². The summed E-state index contributed by atoms with van der Waals surface area (Å²) in [7, 11) is 0. The summed E-state index contributed by atoms with van der Waals surface area (Å²) in [6.07, 6.45) is 0. The number of aromatic nitrogens is 1. The predicted octanol–water partition coefficient (Wildman–Crippen LogP) is 22.5. The van der Waals surface area contributed by atoms with Gasteiger partial charge in [0.05, 0.1) is 28.1 Å². The van der Waals surface area contributed by atoms with Crippen molar-refractivity contribution in [1.29, 1.82) is 0 Å². The van der Waals surface area contributed by atoms with Gasteiger partial charge in [0.1, 0.15) is 0 Å². The van der Waals surface area contributed by atoms with Gasteiger partial charge in [-0.1, -0.05) is 267 Å². The van der Waals surface area contributed by atoms with Crippen molar-refractivity contribution in [3.05, 3.63) is 376 Å². The number of anilines is 12. The molecule has 16 aromatic rings. The van der Waals surface area contributed by atoms with Crippen LogP contribution in [0.4, 0.5) is 68.2 Å². The van der Waals surface area contributed by atoms with Crippen molar-refractivity contribution in [2.75, 3.05) is 19.6 Å². The lowest BCUT2D eigenvalue weighted by atomic mass is 9.33. The smallest absolute Gasteiger partial charge is 0.252 e. The molecule has 0 aliphatic carbocycles. The molecule has 0 unspecified atom stereocenters. The Balaban J connectivity index is 1.00. The molecular weight excluding hydrogens is 1160 g/mol. The van der Waals surface area contributed by atoms with E-state index in [9.17, 15) is 0 Å². The van der Waals surface area contributed by atoms with E-state index in [0.29, 0.717) is 0 Å². The van der Waals surface area contributed by atoms with Crippen LogP contribution in [0.3, 0.4) is 0 Å². The molecule has 0 N–H and O–H groups in total. The van der Waals surface area contributed by atoms with Gasteiger partial charge in [0.2, 0.25) is 0 Å². The van der Waals surface area contributed by atoms with Crippen LogP contribution in [0.15, 0.2) is 376 Å². The molecule has 450 valence electrons. The van der Waals surface area contributed by atoms with Gasteiger partial charge in [-0.2, -0.15) is 0 Å². The number of benzene rings is 15. The van der Waals surface area contributed by atoms with Gasteiger partial charge in [-0.25, -0.2) is 0 Å². The van der Waals surface area contributed by atoms with Crippen molar-refractivity contribution >= 4 is 113 Å². The highest BCUT2D eigenvalue weighted by Crippen LogP contribution is 2.53. The first-order valence-electron chi connectivity index (χ1n) is 33.0. The zero-order valence-electron chi connectivity index (χ0n) is 52.6. The summed E-state index contributed by atoms with van der Waals surface area (Å²) in [6, 6.07) is 138. The number of rotatable bonds is 13. The second kappa shape index (κ2) is 23.8. The fourth-order valence-electron chi connectivity index (χ4n) is 15.2. The first-order chi connectivity index (χ1) is 47.7. The Kier molecular flexibility index (Phi) is 13.9. The van der Waals surface area contributed by atoms with E-state index in [1.165, 1.54) is 21.8 Å². The maximum Gasteiger partial charge on any atom is 0.252 e. The van der Waals surface area contributed by atoms with Gasteiger partial charge in [-0.05, 0) is 159 Å². The lowest BCUT2D eigenvalue weighted by Crippen LogP contribution is -2.61. The highest BCUT2D eigenvalue weighted by atomic mass is 15.2. The van der Waals surface area contributed by atoms with Crippen molar-refractivity contribution in [2.24, 2.45) is 0 Å². The van der Waals surface area contributed by atoms with E-state index in [1.807, 2.05) is 0 Å². The molecule has 0 amide bonds. The standard InChI is InChI=1S/C90H62BN5/c1-9-30-63(31-10-1)67-38-27-48-73(58-67)94-84-60-75(92(69-40-17-5-18-41-69)70-42-19-6-20-43-70)54-55-80(84)91-81-56-57-83-87(79-50-25-26-53-82(79)96(83)89-77(65-34-13-3-14-35-65)51-29-52-78(89)66-36-15-4-16-37-66)90(81)95(74-49-28-39-68(59-74)64-32-11-2-12-33-64)86-62-76(61-85(94)88(86)91)93(71-44-21-7-22-45-71)72-46-23-8-24-47-72/h1-62H. The Morgan fingerprint density at radius 1 is 0.240 bits per heavy atom. The van der Waals surface area contributed by atoms with Crippen molar-refractivity contribution in [1.82, 2.24) is 4.57 Å². The number of hydrogen-bond acceptors (Lipinski definition) is 4. The Labute approximate surface area is 560 Å². The minimum atomic E-state index is -0.253.